The summed E-state index contributed by atoms with van der Waals surface area (Å²) in [6.07, 6.45) is 3.49. The summed E-state index contributed by atoms with van der Waals surface area (Å²) in [6, 6.07) is 17.8. The van der Waals surface area contributed by atoms with E-state index in [2.05, 4.69) is 25.9 Å². The number of halogens is 1. The molecule has 0 amide bonds. The minimum atomic E-state index is 0.487. The van der Waals surface area contributed by atoms with Crippen LogP contribution in [0.2, 0.25) is 0 Å². The molecule has 1 aromatic carbocycles. The van der Waals surface area contributed by atoms with Crippen molar-refractivity contribution in [1.29, 1.82) is 0 Å². The lowest BCUT2D eigenvalue weighted by Gasteiger charge is -2.10. The molecule has 0 aliphatic rings. The maximum atomic E-state index is 5.85. The zero-order valence-corrected chi connectivity index (χ0v) is 12.8. The molecule has 0 aliphatic heterocycles. The standard InChI is InChI=1S/C17H13BrN2O/c18-14-8-9-16(20-11-14)15-7-4-10-19-17(15)21-12-13-5-2-1-3-6-13/h1-11H,12H2. The van der Waals surface area contributed by atoms with E-state index in [1.807, 2.05) is 54.6 Å². The van der Waals surface area contributed by atoms with Crippen LogP contribution < -0.4 is 4.74 Å². The Morgan fingerprint density at radius 3 is 2.52 bits per heavy atom. The van der Waals surface area contributed by atoms with Crippen molar-refractivity contribution < 1.29 is 4.74 Å². The zero-order valence-electron chi connectivity index (χ0n) is 11.2. The first-order valence-corrected chi connectivity index (χ1v) is 7.36. The number of benzene rings is 1. The lowest BCUT2D eigenvalue weighted by molar-refractivity contribution is 0.295. The van der Waals surface area contributed by atoms with Gasteiger partial charge in [-0.3, -0.25) is 4.98 Å². The monoisotopic (exact) mass is 340 g/mol. The second kappa shape index (κ2) is 6.50. The molecule has 3 nitrogen and oxygen atoms in total. The fourth-order valence-electron chi connectivity index (χ4n) is 1.96. The summed E-state index contributed by atoms with van der Waals surface area (Å²) in [6.45, 7) is 0.487. The fourth-order valence-corrected chi connectivity index (χ4v) is 2.20. The van der Waals surface area contributed by atoms with E-state index in [1.165, 1.54) is 0 Å². The van der Waals surface area contributed by atoms with Crippen molar-refractivity contribution in [2.45, 2.75) is 6.61 Å². The molecule has 2 heterocycles. The van der Waals surface area contributed by atoms with Gasteiger partial charge >= 0.3 is 0 Å². The van der Waals surface area contributed by atoms with Crippen LogP contribution in [0.25, 0.3) is 11.3 Å². The van der Waals surface area contributed by atoms with E-state index >= 15 is 0 Å². The molecule has 4 heteroatoms. The normalized spacial score (nSPS) is 10.3. The van der Waals surface area contributed by atoms with Crippen molar-refractivity contribution in [2.24, 2.45) is 0 Å². The number of hydrogen-bond donors (Lipinski definition) is 0. The molecule has 2 aromatic heterocycles. The molecule has 0 saturated heterocycles. The predicted molar refractivity (Wildman–Crippen MR) is 85.9 cm³/mol. The predicted octanol–water partition coefficient (Wildman–Crippen LogP) is 4.49. The Bertz CT molecular complexity index is 714. The van der Waals surface area contributed by atoms with Gasteiger partial charge < -0.3 is 4.74 Å². The van der Waals surface area contributed by atoms with Gasteiger partial charge in [0.25, 0.3) is 0 Å². The average molecular weight is 341 g/mol. The summed E-state index contributed by atoms with van der Waals surface area (Å²) in [5.74, 6) is 0.594. The molecular weight excluding hydrogens is 328 g/mol. The van der Waals surface area contributed by atoms with Gasteiger partial charge in [0.15, 0.2) is 0 Å². The first-order valence-electron chi connectivity index (χ1n) is 6.56. The highest BCUT2D eigenvalue weighted by Crippen LogP contribution is 2.27. The number of ether oxygens (including phenoxy) is 1. The number of pyridine rings is 2. The van der Waals surface area contributed by atoms with E-state index in [4.69, 9.17) is 4.74 Å². The van der Waals surface area contributed by atoms with Gasteiger partial charge in [-0.2, -0.15) is 0 Å². The molecule has 0 fully saturated rings. The Morgan fingerprint density at radius 1 is 0.905 bits per heavy atom. The Hall–Kier alpha value is -2.20. The third-order valence-corrected chi connectivity index (χ3v) is 3.46. The van der Waals surface area contributed by atoms with Gasteiger partial charge in [0.1, 0.15) is 6.61 Å². The van der Waals surface area contributed by atoms with Gasteiger partial charge in [-0.15, -0.1) is 0 Å². The topological polar surface area (TPSA) is 35.0 Å². The van der Waals surface area contributed by atoms with Crippen LogP contribution in [0.3, 0.4) is 0 Å². The Morgan fingerprint density at radius 2 is 1.76 bits per heavy atom. The molecule has 0 bridgehead atoms. The maximum Gasteiger partial charge on any atom is 0.223 e. The zero-order chi connectivity index (χ0) is 14.5. The lowest BCUT2D eigenvalue weighted by atomic mass is 10.2. The fraction of sp³-hybridized carbons (Fsp3) is 0.0588. The Kier molecular flexibility index (Phi) is 4.26. The molecule has 0 N–H and O–H groups in total. The number of hydrogen-bond acceptors (Lipinski definition) is 3. The molecule has 0 unspecified atom stereocenters. The minimum absolute atomic E-state index is 0.487. The molecule has 0 spiro atoms. The first-order chi connectivity index (χ1) is 10.3. The van der Waals surface area contributed by atoms with Crippen LogP contribution in [-0.4, -0.2) is 9.97 Å². The van der Waals surface area contributed by atoms with Gasteiger partial charge in [0.05, 0.1) is 11.3 Å². The van der Waals surface area contributed by atoms with Crippen LogP contribution in [0.5, 0.6) is 5.88 Å². The van der Waals surface area contributed by atoms with Crippen molar-refractivity contribution in [3.63, 3.8) is 0 Å². The van der Waals surface area contributed by atoms with Crippen molar-refractivity contribution in [3.8, 4) is 17.1 Å². The summed E-state index contributed by atoms with van der Waals surface area (Å²) in [5.41, 5.74) is 2.84. The van der Waals surface area contributed by atoms with E-state index in [0.29, 0.717) is 12.5 Å². The van der Waals surface area contributed by atoms with E-state index in [-0.39, 0.29) is 0 Å². The maximum absolute atomic E-state index is 5.85. The number of nitrogens with zero attached hydrogens (tertiary/aromatic N) is 2. The van der Waals surface area contributed by atoms with Gasteiger partial charge in [0.2, 0.25) is 5.88 Å². The van der Waals surface area contributed by atoms with E-state index < -0.39 is 0 Å². The minimum Gasteiger partial charge on any atom is -0.472 e. The molecule has 0 saturated carbocycles. The summed E-state index contributed by atoms with van der Waals surface area (Å²) < 4.78 is 6.79. The summed E-state index contributed by atoms with van der Waals surface area (Å²) >= 11 is 3.39. The van der Waals surface area contributed by atoms with Crippen LogP contribution in [0.4, 0.5) is 0 Å². The SMILES string of the molecule is Brc1ccc(-c2cccnc2OCc2ccccc2)nc1. The summed E-state index contributed by atoms with van der Waals surface area (Å²) in [7, 11) is 0. The third kappa shape index (κ3) is 3.47. The summed E-state index contributed by atoms with van der Waals surface area (Å²) in [4.78, 5) is 8.72. The van der Waals surface area contributed by atoms with Crippen molar-refractivity contribution >= 4 is 15.9 Å². The highest BCUT2D eigenvalue weighted by molar-refractivity contribution is 9.10. The van der Waals surface area contributed by atoms with E-state index in [0.717, 1.165) is 21.3 Å². The van der Waals surface area contributed by atoms with Gasteiger partial charge in [-0.25, -0.2) is 4.98 Å². The van der Waals surface area contributed by atoms with Crippen LogP contribution in [-0.2, 0) is 6.61 Å². The third-order valence-electron chi connectivity index (χ3n) is 2.99. The molecule has 3 rings (SSSR count). The van der Waals surface area contributed by atoms with Gasteiger partial charge in [0, 0.05) is 16.9 Å². The molecule has 0 atom stereocenters. The number of aromatic nitrogens is 2. The van der Waals surface area contributed by atoms with Crippen molar-refractivity contribution in [1.82, 2.24) is 9.97 Å². The van der Waals surface area contributed by atoms with Crippen LogP contribution in [0.1, 0.15) is 5.56 Å². The highest BCUT2D eigenvalue weighted by atomic mass is 79.9. The second-order valence-electron chi connectivity index (χ2n) is 4.49. The van der Waals surface area contributed by atoms with Crippen molar-refractivity contribution in [3.05, 3.63) is 77.0 Å². The van der Waals surface area contributed by atoms with Crippen LogP contribution >= 0.6 is 15.9 Å². The smallest absolute Gasteiger partial charge is 0.223 e. The van der Waals surface area contributed by atoms with Gasteiger partial charge in [-0.1, -0.05) is 30.3 Å². The molecule has 0 aliphatic carbocycles. The number of rotatable bonds is 4. The Labute approximate surface area is 131 Å². The lowest BCUT2D eigenvalue weighted by Crippen LogP contribution is -1.99. The second-order valence-corrected chi connectivity index (χ2v) is 5.41. The quantitative estimate of drug-likeness (QED) is 0.702. The molecule has 21 heavy (non-hydrogen) atoms. The van der Waals surface area contributed by atoms with E-state index in [1.54, 1.807) is 12.4 Å². The molecule has 0 radical (unpaired) electrons. The van der Waals surface area contributed by atoms with Gasteiger partial charge in [-0.05, 0) is 45.8 Å². The largest absolute Gasteiger partial charge is 0.472 e. The Balaban J connectivity index is 1.84. The van der Waals surface area contributed by atoms with Crippen LogP contribution in [0, 0.1) is 0 Å². The first kappa shape index (κ1) is 13.8. The van der Waals surface area contributed by atoms with Crippen LogP contribution in [0.15, 0.2) is 71.5 Å². The highest BCUT2D eigenvalue weighted by Gasteiger charge is 2.08. The average Bonchev–Trinajstić information content (AvgIpc) is 2.55. The van der Waals surface area contributed by atoms with E-state index in [9.17, 15) is 0 Å². The molecule has 104 valence electrons. The molecular formula is C17H13BrN2O. The molecule has 3 aromatic rings. The van der Waals surface area contributed by atoms with Crippen molar-refractivity contribution in [2.75, 3.05) is 0 Å². The summed E-state index contributed by atoms with van der Waals surface area (Å²) in [5, 5.41) is 0.